The number of hydrogen-bond donors (Lipinski definition) is 2. The van der Waals surface area contributed by atoms with Crippen molar-refractivity contribution in [1.82, 2.24) is 4.90 Å². The first kappa shape index (κ1) is 18.5. The molecule has 3 rings (SSSR count). The number of anilines is 2. The molecule has 0 saturated heterocycles. The SMILES string of the molecule is CC1=C(CCN(C)C)c2cc(NS(=O)(=O)c3ccc(N)cc3)ccc2C1. The second-order valence-electron chi connectivity index (χ2n) is 7.04. The van der Waals surface area contributed by atoms with Gasteiger partial charge in [-0.3, -0.25) is 4.72 Å². The van der Waals surface area contributed by atoms with Crippen molar-refractivity contribution in [2.24, 2.45) is 0 Å². The molecule has 0 unspecified atom stereocenters. The monoisotopic (exact) mass is 371 g/mol. The molecule has 1 aliphatic carbocycles. The average Bonchev–Trinajstić information content (AvgIpc) is 2.87. The Balaban J connectivity index is 1.86. The number of nitrogens with two attached hydrogens (primary N) is 1. The first-order valence-electron chi connectivity index (χ1n) is 8.61. The van der Waals surface area contributed by atoms with E-state index in [4.69, 9.17) is 5.73 Å². The van der Waals surface area contributed by atoms with Crippen LogP contribution in [-0.4, -0.2) is 34.0 Å². The molecule has 0 radical (unpaired) electrons. The predicted molar refractivity (Wildman–Crippen MR) is 108 cm³/mol. The second-order valence-corrected chi connectivity index (χ2v) is 8.72. The van der Waals surface area contributed by atoms with E-state index in [0.29, 0.717) is 11.4 Å². The standard InChI is InChI=1S/C20H25N3O2S/c1-14-12-15-4-7-17(13-20(15)19(14)10-11-23(2)3)22-26(24,25)18-8-5-16(21)6-9-18/h4-9,13,22H,10-12,21H2,1-3H3. The molecule has 2 aromatic rings. The highest BCUT2D eigenvalue weighted by atomic mass is 32.2. The number of sulfonamides is 1. The number of hydrogen-bond acceptors (Lipinski definition) is 4. The second kappa shape index (κ2) is 7.13. The Kier molecular flexibility index (Phi) is 5.07. The molecule has 0 heterocycles. The molecule has 26 heavy (non-hydrogen) atoms. The van der Waals surface area contributed by atoms with Gasteiger partial charge in [0.25, 0.3) is 10.0 Å². The van der Waals surface area contributed by atoms with Gasteiger partial charge in [-0.25, -0.2) is 8.42 Å². The van der Waals surface area contributed by atoms with E-state index in [-0.39, 0.29) is 4.90 Å². The lowest BCUT2D eigenvalue weighted by atomic mass is 10.0. The van der Waals surface area contributed by atoms with Crippen LogP contribution in [-0.2, 0) is 16.4 Å². The average molecular weight is 372 g/mol. The molecule has 0 saturated carbocycles. The van der Waals surface area contributed by atoms with Crippen LogP contribution >= 0.6 is 0 Å². The van der Waals surface area contributed by atoms with Crippen molar-refractivity contribution in [3.8, 4) is 0 Å². The van der Waals surface area contributed by atoms with Crippen LogP contribution in [0.3, 0.4) is 0 Å². The molecule has 138 valence electrons. The topological polar surface area (TPSA) is 75.4 Å². The third-order valence-electron chi connectivity index (χ3n) is 4.66. The van der Waals surface area contributed by atoms with Gasteiger partial charge < -0.3 is 10.6 Å². The first-order chi connectivity index (χ1) is 12.3. The van der Waals surface area contributed by atoms with Crippen LogP contribution in [0.15, 0.2) is 52.9 Å². The summed E-state index contributed by atoms with van der Waals surface area (Å²) in [6, 6.07) is 12.0. The van der Waals surface area contributed by atoms with Gasteiger partial charge in [0.1, 0.15) is 0 Å². The fraction of sp³-hybridized carbons (Fsp3) is 0.300. The molecule has 0 spiro atoms. The highest BCUT2D eigenvalue weighted by molar-refractivity contribution is 7.92. The zero-order valence-electron chi connectivity index (χ0n) is 15.4. The number of nitrogens with zero attached hydrogens (tertiary/aromatic N) is 1. The van der Waals surface area contributed by atoms with Gasteiger partial charge in [0.2, 0.25) is 0 Å². The number of nitrogen functional groups attached to an aromatic ring is 1. The third kappa shape index (κ3) is 3.92. The van der Waals surface area contributed by atoms with E-state index in [1.807, 2.05) is 18.2 Å². The largest absolute Gasteiger partial charge is 0.399 e. The van der Waals surface area contributed by atoms with Crippen molar-refractivity contribution in [3.05, 3.63) is 59.2 Å². The van der Waals surface area contributed by atoms with Gasteiger partial charge in [-0.15, -0.1) is 0 Å². The molecule has 0 amide bonds. The number of benzene rings is 2. The van der Waals surface area contributed by atoms with Crippen molar-refractivity contribution in [2.75, 3.05) is 31.1 Å². The Hall–Kier alpha value is -2.31. The van der Waals surface area contributed by atoms with Gasteiger partial charge >= 0.3 is 0 Å². The van der Waals surface area contributed by atoms with Crippen LogP contribution in [0.4, 0.5) is 11.4 Å². The van der Waals surface area contributed by atoms with Crippen LogP contribution in [0, 0.1) is 0 Å². The molecule has 2 aromatic carbocycles. The van der Waals surface area contributed by atoms with Gasteiger partial charge in [0, 0.05) is 17.9 Å². The number of nitrogens with one attached hydrogen (secondary N) is 1. The van der Waals surface area contributed by atoms with Gasteiger partial charge in [-0.05, 0) is 87.0 Å². The zero-order chi connectivity index (χ0) is 18.9. The molecule has 6 heteroatoms. The van der Waals surface area contributed by atoms with Crippen LogP contribution in [0.5, 0.6) is 0 Å². The van der Waals surface area contributed by atoms with Crippen LogP contribution in [0.1, 0.15) is 24.5 Å². The smallest absolute Gasteiger partial charge is 0.261 e. The van der Waals surface area contributed by atoms with Crippen LogP contribution in [0.2, 0.25) is 0 Å². The Morgan fingerprint density at radius 3 is 2.46 bits per heavy atom. The molecule has 5 nitrogen and oxygen atoms in total. The normalized spacial score (nSPS) is 14.0. The summed E-state index contributed by atoms with van der Waals surface area (Å²) in [5.74, 6) is 0. The lowest BCUT2D eigenvalue weighted by Crippen LogP contribution is -2.14. The van der Waals surface area contributed by atoms with E-state index < -0.39 is 10.0 Å². The number of rotatable bonds is 6. The highest BCUT2D eigenvalue weighted by Crippen LogP contribution is 2.36. The lowest BCUT2D eigenvalue weighted by molar-refractivity contribution is 0.419. The molecular weight excluding hydrogens is 346 g/mol. The van der Waals surface area contributed by atoms with Crippen molar-refractivity contribution in [2.45, 2.75) is 24.7 Å². The summed E-state index contributed by atoms with van der Waals surface area (Å²) in [4.78, 5) is 2.36. The van der Waals surface area contributed by atoms with Crippen molar-refractivity contribution >= 4 is 27.0 Å². The summed E-state index contributed by atoms with van der Waals surface area (Å²) < 4.78 is 27.9. The summed E-state index contributed by atoms with van der Waals surface area (Å²) in [7, 11) is 0.483. The van der Waals surface area contributed by atoms with Gasteiger partial charge in [-0.1, -0.05) is 11.6 Å². The minimum Gasteiger partial charge on any atom is -0.399 e. The Morgan fingerprint density at radius 2 is 1.81 bits per heavy atom. The minimum atomic E-state index is -3.63. The van der Waals surface area contributed by atoms with E-state index >= 15 is 0 Å². The van der Waals surface area contributed by atoms with Crippen LogP contribution < -0.4 is 10.5 Å². The first-order valence-corrected chi connectivity index (χ1v) is 10.1. The van der Waals surface area contributed by atoms with Crippen molar-refractivity contribution in [1.29, 1.82) is 0 Å². The number of allylic oxidation sites excluding steroid dienone is 1. The van der Waals surface area contributed by atoms with Crippen molar-refractivity contribution in [3.63, 3.8) is 0 Å². The molecule has 0 fully saturated rings. The number of fused-ring (bicyclic) bond motifs is 1. The predicted octanol–water partition coefficient (Wildman–Crippen LogP) is 3.35. The minimum absolute atomic E-state index is 0.201. The van der Waals surface area contributed by atoms with E-state index in [2.05, 4.69) is 30.6 Å². The summed E-state index contributed by atoms with van der Waals surface area (Å²) >= 11 is 0. The Morgan fingerprint density at radius 1 is 1.12 bits per heavy atom. The van der Waals surface area contributed by atoms with Crippen LogP contribution in [0.25, 0.3) is 5.57 Å². The molecule has 1 aliphatic rings. The maximum atomic E-state index is 12.6. The molecule has 0 bridgehead atoms. The van der Waals surface area contributed by atoms with E-state index in [1.54, 1.807) is 12.1 Å². The maximum Gasteiger partial charge on any atom is 0.261 e. The third-order valence-corrected chi connectivity index (χ3v) is 6.05. The quantitative estimate of drug-likeness (QED) is 0.764. The summed E-state index contributed by atoms with van der Waals surface area (Å²) in [5, 5.41) is 0. The van der Waals surface area contributed by atoms with Gasteiger partial charge in [0.15, 0.2) is 0 Å². The maximum absolute atomic E-state index is 12.6. The van der Waals surface area contributed by atoms with E-state index in [9.17, 15) is 8.42 Å². The van der Waals surface area contributed by atoms with Gasteiger partial charge in [-0.2, -0.15) is 0 Å². The van der Waals surface area contributed by atoms with E-state index in [1.165, 1.54) is 28.8 Å². The summed E-state index contributed by atoms with van der Waals surface area (Å²) in [5.41, 5.74) is 11.8. The lowest BCUT2D eigenvalue weighted by Gasteiger charge is -2.14. The fourth-order valence-electron chi connectivity index (χ4n) is 3.24. The summed E-state index contributed by atoms with van der Waals surface area (Å²) in [6.45, 7) is 3.12. The van der Waals surface area contributed by atoms with Crippen molar-refractivity contribution < 1.29 is 8.42 Å². The molecular formula is C20H25N3O2S. The van der Waals surface area contributed by atoms with E-state index in [0.717, 1.165) is 24.9 Å². The zero-order valence-corrected chi connectivity index (χ0v) is 16.2. The molecule has 0 aliphatic heterocycles. The Labute approximate surface area is 155 Å². The summed E-state index contributed by atoms with van der Waals surface area (Å²) in [6.07, 6.45) is 1.89. The fourth-order valence-corrected chi connectivity index (χ4v) is 4.29. The molecule has 0 aromatic heterocycles. The molecule has 3 N–H and O–H groups in total. The Bertz CT molecular complexity index is 946. The highest BCUT2D eigenvalue weighted by Gasteiger charge is 2.21. The molecule has 0 atom stereocenters. The van der Waals surface area contributed by atoms with Gasteiger partial charge in [0.05, 0.1) is 4.90 Å².